The van der Waals surface area contributed by atoms with Gasteiger partial charge in [0.15, 0.2) is 11.9 Å². The summed E-state index contributed by atoms with van der Waals surface area (Å²) in [6, 6.07) is 16.8. The number of benzene rings is 2. The van der Waals surface area contributed by atoms with Gasteiger partial charge in [-0.15, -0.1) is 0 Å². The van der Waals surface area contributed by atoms with Gasteiger partial charge in [0.1, 0.15) is 5.75 Å². The Kier molecular flexibility index (Phi) is 12.2. The summed E-state index contributed by atoms with van der Waals surface area (Å²) >= 11 is 0. The lowest BCUT2D eigenvalue weighted by atomic mass is 10.0. The van der Waals surface area contributed by atoms with E-state index < -0.39 is 0 Å². The number of rotatable bonds is 18. The van der Waals surface area contributed by atoms with Gasteiger partial charge < -0.3 is 9.30 Å². The van der Waals surface area contributed by atoms with Gasteiger partial charge in [-0.1, -0.05) is 115 Å². The number of aromatic nitrogens is 2. The number of para-hydroxylation sites is 2. The number of aryl methyl sites for hydroxylation is 2. The van der Waals surface area contributed by atoms with Crippen LogP contribution in [0.1, 0.15) is 121 Å². The summed E-state index contributed by atoms with van der Waals surface area (Å²) in [5.74, 6) is 1.94. The molecule has 0 aliphatic heterocycles. The van der Waals surface area contributed by atoms with Crippen molar-refractivity contribution in [2.24, 2.45) is 0 Å². The van der Waals surface area contributed by atoms with Gasteiger partial charge in [-0.2, -0.15) is 0 Å². The minimum atomic E-state index is -0.0872. The second-order valence-electron chi connectivity index (χ2n) is 10.3. The third-order valence-corrected chi connectivity index (χ3v) is 7.09. The average Bonchev–Trinajstić information content (AvgIpc) is 3.23. The third kappa shape index (κ3) is 9.35. The highest BCUT2D eigenvalue weighted by Crippen LogP contribution is 2.26. The Morgan fingerprint density at radius 3 is 1.97 bits per heavy atom. The molecule has 35 heavy (non-hydrogen) atoms. The van der Waals surface area contributed by atoms with E-state index in [1.807, 2.05) is 6.07 Å². The first kappa shape index (κ1) is 27.3. The van der Waals surface area contributed by atoms with Crippen LogP contribution < -0.4 is 4.74 Å². The van der Waals surface area contributed by atoms with E-state index in [4.69, 9.17) is 9.72 Å². The lowest BCUT2D eigenvalue weighted by Gasteiger charge is -2.17. The lowest BCUT2D eigenvalue weighted by molar-refractivity contribution is 0.211. The maximum absolute atomic E-state index is 6.29. The Bertz CT molecular complexity index is 977. The second-order valence-corrected chi connectivity index (χ2v) is 10.3. The van der Waals surface area contributed by atoms with Crippen molar-refractivity contribution < 1.29 is 4.74 Å². The largest absolute Gasteiger partial charge is 0.483 e. The van der Waals surface area contributed by atoms with Crippen LogP contribution in [0.15, 0.2) is 48.5 Å². The molecule has 3 nitrogen and oxygen atoms in total. The van der Waals surface area contributed by atoms with Crippen LogP contribution in [0.2, 0.25) is 0 Å². The fourth-order valence-electron chi connectivity index (χ4n) is 5.05. The molecule has 3 heteroatoms. The minimum Gasteiger partial charge on any atom is -0.483 e. The zero-order valence-electron chi connectivity index (χ0n) is 22.6. The number of hydrogen-bond donors (Lipinski definition) is 0. The highest BCUT2D eigenvalue weighted by atomic mass is 16.5. The SMILES string of the molecule is CCCCCCCCCCCCCCCCn1c(C(C)Oc2cccc(C)c2)nc2ccccc21. The van der Waals surface area contributed by atoms with Crippen molar-refractivity contribution in [1.82, 2.24) is 9.55 Å². The quantitative estimate of drug-likeness (QED) is 0.171. The van der Waals surface area contributed by atoms with Gasteiger partial charge >= 0.3 is 0 Å². The normalized spacial score (nSPS) is 12.3. The molecule has 0 aliphatic rings. The van der Waals surface area contributed by atoms with E-state index in [-0.39, 0.29) is 6.10 Å². The van der Waals surface area contributed by atoms with Crippen LogP contribution in [0, 0.1) is 6.92 Å². The highest BCUT2D eigenvalue weighted by Gasteiger charge is 2.18. The summed E-state index contributed by atoms with van der Waals surface area (Å²) in [6.45, 7) is 7.52. The molecule has 0 radical (unpaired) electrons. The molecule has 1 unspecified atom stereocenters. The van der Waals surface area contributed by atoms with Gasteiger partial charge in [-0.25, -0.2) is 4.98 Å². The molecule has 0 saturated heterocycles. The smallest absolute Gasteiger partial charge is 0.153 e. The van der Waals surface area contributed by atoms with Crippen molar-refractivity contribution >= 4 is 11.0 Å². The molecule has 1 atom stereocenters. The molecule has 0 spiro atoms. The molecule has 0 bridgehead atoms. The first-order valence-electron chi connectivity index (χ1n) is 14.4. The fourth-order valence-corrected chi connectivity index (χ4v) is 5.05. The van der Waals surface area contributed by atoms with E-state index >= 15 is 0 Å². The van der Waals surface area contributed by atoms with Gasteiger partial charge in [-0.3, -0.25) is 0 Å². The summed E-state index contributed by atoms with van der Waals surface area (Å²) < 4.78 is 8.68. The molecule has 2 aromatic carbocycles. The molecule has 1 aromatic heterocycles. The standard InChI is InChI=1S/C32H48N2O/c1-4-5-6-7-8-9-10-11-12-13-14-15-16-19-25-34-31-24-18-17-23-30(31)33-32(34)28(3)35-29-22-20-21-27(2)26-29/h17-18,20-24,26,28H,4-16,19,25H2,1-3H3. The molecule has 1 heterocycles. The van der Waals surface area contributed by atoms with Crippen LogP contribution >= 0.6 is 0 Å². The van der Waals surface area contributed by atoms with Crippen LogP contribution in [-0.2, 0) is 6.54 Å². The molecule has 192 valence electrons. The molecule has 0 N–H and O–H groups in total. The molecule has 0 aliphatic carbocycles. The summed E-state index contributed by atoms with van der Waals surface area (Å²) in [7, 11) is 0. The third-order valence-electron chi connectivity index (χ3n) is 7.09. The fraction of sp³-hybridized carbons (Fsp3) is 0.594. The zero-order chi connectivity index (χ0) is 24.7. The van der Waals surface area contributed by atoms with E-state index in [1.165, 1.54) is 101 Å². The number of imidazole rings is 1. The zero-order valence-corrected chi connectivity index (χ0v) is 22.6. The maximum Gasteiger partial charge on any atom is 0.153 e. The predicted molar refractivity (Wildman–Crippen MR) is 150 cm³/mol. The second kappa shape index (κ2) is 15.7. The number of unbranched alkanes of at least 4 members (excludes halogenated alkanes) is 13. The number of nitrogens with zero attached hydrogens (tertiary/aromatic N) is 2. The Morgan fingerprint density at radius 1 is 0.743 bits per heavy atom. The van der Waals surface area contributed by atoms with Gasteiger partial charge in [0.05, 0.1) is 11.0 Å². The molecular formula is C32H48N2O. The van der Waals surface area contributed by atoms with Gasteiger partial charge in [-0.05, 0) is 50.1 Å². The Morgan fingerprint density at radius 2 is 1.34 bits per heavy atom. The van der Waals surface area contributed by atoms with E-state index in [0.717, 1.165) is 23.6 Å². The molecular weight excluding hydrogens is 428 g/mol. The monoisotopic (exact) mass is 476 g/mol. The molecule has 0 fully saturated rings. The van der Waals surface area contributed by atoms with Crippen LogP contribution in [-0.4, -0.2) is 9.55 Å². The summed E-state index contributed by atoms with van der Waals surface area (Å²) in [4.78, 5) is 4.95. The van der Waals surface area contributed by atoms with Crippen molar-refractivity contribution in [1.29, 1.82) is 0 Å². The van der Waals surface area contributed by atoms with Crippen molar-refractivity contribution in [2.75, 3.05) is 0 Å². The first-order valence-corrected chi connectivity index (χ1v) is 14.4. The minimum absolute atomic E-state index is 0.0872. The van der Waals surface area contributed by atoms with E-state index in [1.54, 1.807) is 0 Å². The Labute approximate surface area is 214 Å². The van der Waals surface area contributed by atoms with Gasteiger partial charge in [0.25, 0.3) is 0 Å². The Hall–Kier alpha value is -2.29. The van der Waals surface area contributed by atoms with Crippen LogP contribution in [0.25, 0.3) is 11.0 Å². The van der Waals surface area contributed by atoms with E-state index in [9.17, 15) is 0 Å². The summed E-state index contributed by atoms with van der Waals surface area (Å²) in [5, 5.41) is 0. The number of fused-ring (bicyclic) bond motifs is 1. The van der Waals surface area contributed by atoms with Crippen molar-refractivity contribution in [3.63, 3.8) is 0 Å². The van der Waals surface area contributed by atoms with Crippen LogP contribution in [0.4, 0.5) is 0 Å². The molecule has 3 aromatic rings. The topological polar surface area (TPSA) is 27.1 Å². The molecule has 0 amide bonds. The molecule has 0 saturated carbocycles. The molecule has 3 rings (SSSR count). The van der Waals surface area contributed by atoms with Crippen molar-refractivity contribution in [2.45, 2.75) is 123 Å². The Balaban J connectivity index is 1.38. The predicted octanol–water partition coefficient (Wildman–Crippen LogP) is 9.97. The van der Waals surface area contributed by atoms with Crippen LogP contribution in [0.5, 0.6) is 5.75 Å². The average molecular weight is 477 g/mol. The van der Waals surface area contributed by atoms with Gasteiger partial charge in [0, 0.05) is 6.54 Å². The van der Waals surface area contributed by atoms with Crippen molar-refractivity contribution in [3.8, 4) is 5.75 Å². The van der Waals surface area contributed by atoms with Gasteiger partial charge in [0.2, 0.25) is 0 Å². The number of hydrogen-bond acceptors (Lipinski definition) is 2. The van der Waals surface area contributed by atoms with E-state index in [0.29, 0.717) is 0 Å². The van der Waals surface area contributed by atoms with E-state index in [2.05, 4.69) is 67.8 Å². The highest BCUT2D eigenvalue weighted by molar-refractivity contribution is 5.76. The first-order chi connectivity index (χ1) is 17.2. The number of ether oxygens (including phenoxy) is 1. The van der Waals surface area contributed by atoms with Crippen LogP contribution in [0.3, 0.4) is 0 Å². The summed E-state index contributed by atoms with van der Waals surface area (Å²) in [6.07, 6.45) is 19.3. The summed E-state index contributed by atoms with van der Waals surface area (Å²) in [5.41, 5.74) is 3.50. The van der Waals surface area contributed by atoms with Crippen molar-refractivity contribution in [3.05, 3.63) is 59.9 Å². The lowest BCUT2D eigenvalue weighted by Crippen LogP contribution is -2.12. The maximum atomic E-state index is 6.29.